The van der Waals surface area contributed by atoms with E-state index < -0.39 is 17.9 Å². The Kier molecular flexibility index (Phi) is 7.58. The average molecular weight is 476 g/mol. The SMILES string of the molecule is C=N/C(=N\C(=C/C)C(F)(F)F)Oc1c(/C(C=N)=C/NC2CC2)ccc2c1CCC(C)N2C(C)=O. The molecule has 1 atom stereocenters. The molecule has 1 aliphatic carbocycles. The van der Waals surface area contributed by atoms with Crippen LogP contribution in [0.4, 0.5) is 18.9 Å². The predicted molar refractivity (Wildman–Crippen MR) is 128 cm³/mol. The van der Waals surface area contributed by atoms with E-state index in [2.05, 4.69) is 22.0 Å². The monoisotopic (exact) mass is 475 g/mol. The number of amidine groups is 1. The fraction of sp³-hybridized carbons (Fsp3) is 0.417. The van der Waals surface area contributed by atoms with Gasteiger partial charge in [-0.15, -0.1) is 0 Å². The first-order valence-electron chi connectivity index (χ1n) is 11.0. The highest BCUT2D eigenvalue weighted by Gasteiger charge is 2.35. The summed E-state index contributed by atoms with van der Waals surface area (Å²) in [5.41, 5.74) is 1.03. The molecule has 1 amide bonds. The van der Waals surface area contributed by atoms with Crippen LogP contribution in [-0.2, 0) is 11.2 Å². The van der Waals surface area contributed by atoms with Crippen LogP contribution in [0.2, 0.25) is 0 Å². The van der Waals surface area contributed by atoms with Gasteiger partial charge in [0.1, 0.15) is 11.4 Å². The Morgan fingerprint density at radius 3 is 2.56 bits per heavy atom. The Bertz CT molecular complexity index is 1070. The van der Waals surface area contributed by atoms with Crippen LogP contribution < -0.4 is 15.0 Å². The lowest BCUT2D eigenvalue weighted by Crippen LogP contribution is -2.41. The second-order valence-electron chi connectivity index (χ2n) is 8.23. The van der Waals surface area contributed by atoms with Gasteiger partial charge < -0.3 is 20.4 Å². The van der Waals surface area contributed by atoms with Crippen molar-refractivity contribution in [1.29, 1.82) is 5.41 Å². The highest BCUT2D eigenvalue weighted by atomic mass is 19.4. The van der Waals surface area contributed by atoms with Crippen molar-refractivity contribution < 1.29 is 22.7 Å². The molecule has 1 heterocycles. The molecule has 0 radical (unpaired) electrons. The summed E-state index contributed by atoms with van der Waals surface area (Å²) < 4.78 is 45.7. The topological polar surface area (TPSA) is 90.1 Å². The number of hydrogen-bond donors (Lipinski definition) is 2. The van der Waals surface area contributed by atoms with E-state index >= 15 is 0 Å². The van der Waals surface area contributed by atoms with Crippen LogP contribution in [0.25, 0.3) is 5.57 Å². The summed E-state index contributed by atoms with van der Waals surface area (Å²) in [5.74, 6) is 0.0427. The maximum absolute atomic E-state index is 13.3. The summed E-state index contributed by atoms with van der Waals surface area (Å²) in [4.78, 5) is 21.1. The zero-order valence-electron chi connectivity index (χ0n) is 19.4. The molecule has 2 N–H and O–H groups in total. The Morgan fingerprint density at radius 1 is 1.32 bits per heavy atom. The molecule has 1 saturated carbocycles. The van der Waals surface area contributed by atoms with Crippen molar-refractivity contribution in [3.8, 4) is 5.75 Å². The van der Waals surface area contributed by atoms with Crippen molar-refractivity contribution in [2.45, 2.75) is 64.7 Å². The Morgan fingerprint density at radius 2 is 2.03 bits per heavy atom. The van der Waals surface area contributed by atoms with E-state index in [1.165, 1.54) is 13.8 Å². The summed E-state index contributed by atoms with van der Waals surface area (Å²) in [7, 11) is 0. The largest absolute Gasteiger partial charge is 0.433 e. The van der Waals surface area contributed by atoms with Gasteiger partial charge in [-0.1, -0.05) is 6.08 Å². The molecule has 0 aromatic heterocycles. The molecule has 3 rings (SSSR count). The van der Waals surface area contributed by atoms with E-state index in [1.54, 1.807) is 23.2 Å². The zero-order chi connectivity index (χ0) is 25.0. The van der Waals surface area contributed by atoms with Gasteiger partial charge in [0, 0.05) is 48.1 Å². The number of aliphatic imine (C=N–C) groups is 2. The maximum atomic E-state index is 13.3. The molecule has 1 unspecified atom stereocenters. The number of alkyl halides is 3. The van der Waals surface area contributed by atoms with Crippen molar-refractivity contribution in [3.05, 3.63) is 41.2 Å². The Balaban J connectivity index is 2.16. The fourth-order valence-corrected chi connectivity index (χ4v) is 3.86. The quantitative estimate of drug-likeness (QED) is 0.447. The van der Waals surface area contributed by atoms with Crippen molar-refractivity contribution in [2.75, 3.05) is 4.90 Å². The first-order valence-corrected chi connectivity index (χ1v) is 11.0. The number of fused-ring (bicyclic) bond motifs is 1. The van der Waals surface area contributed by atoms with Crippen LogP contribution >= 0.6 is 0 Å². The highest BCUT2D eigenvalue weighted by molar-refractivity contribution is 6.10. The minimum Gasteiger partial charge on any atom is -0.423 e. The molecule has 182 valence electrons. The number of carbonyl (C=O) groups excluding carboxylic acids is 1. The van der Waals surface area contributed by atoms with Gasteiger partial charge in [0.25, 0.3) is 0 Å². The molecule has 1 aromatic rings. The molecule has 7 nitrogen and oxygen atoms in total. The number of ether oxygens (including phenoxy) is 1. The fourth-order valence-electron chi connectivity index (χ4n) is 3.86. The van der Waals surface area contributed by atoms with Gasteiger partial charge >= 0.3 is 12.2 Å². The van der Waals surface area contributed by atoms with Crippen LogP contribution in [0.3, 0.4) is 0 Å². The van der Waals surface area contributed by atoms with E-state index in [-0.39, 0.29) is 17.7 Å². The first-order chi connectivity index (χ1) is 16.1. The number of nitrogens with one attached hydrogen (secondary N) is 2. The van der Waals surface area contributed by atoms with E-state index in [4.69, 9.17) is 10.1 Å². The van der Waals surface area contributed by atoms with Gasteiger partial charge in [0.05, 0.1) is 5.69 Å². The van der Waals surface area contributed by atoms with Gasteiger partial charge in [-0.3, -0.25) is 4.79 Å². The lowest BCUT2D eigenvalue weighted by Gasteiger charge is -2.36. The number of benzene rings is 1. The maximum Gasteiger partial charge on any atom is 0.433 e. The molecule has 34 heavy (non-hydrogen) atoms. The smallest absolute Gasteiger partial charge is 0.423 e. The van der Waals surface area contributed by atoms with Gasteiger partial charge in [0.15, 0.2) is 0 Å². The van der Waals surface area contributed by atoms with E-state index in [1.807, 2.05) is 6.92 Å². The number of allylic oxidation sites excluding steroid dienone is 3. The van der Waals surface area contributed by atoms with E-state index in [0.29, 0.717) is 41.3 Å². The Labute approximate surface area is 196 Å². The molecule has 1 fully saturated rings. The minimum absolute atomic E-state index is 0.0523. The van der Waals surface area contributed by atoms with E-state index in [0.717, 1.165) is 25.1 Å². The lowest BCUT2D eigenvalue weighted by atomic mass is 9.92. The number of hydrogen-bond acceptors (Lipinski definition) is 5. The molecular formula is C24H28F3N5O2. The van der Waals surface area contributed by atoms with Crippen LogP contribution in [-0.4, -0.2) is 43.1 Å². The number of nitrogens with zero attached hydrogens (tertiary/aromatic N) is 3. The molecular weight excluding hydrogens is 447 g/mol. The third kappa shape index (κ3) is 5.55. The second-order valence-corrected chi connectivity index (χ2v) is 8.23. The lowest BCUT2D eigenvalue weighted by molar-refractivity contribution is -0.117. The summed E-state index contributed by atoms with van der Waals surface area (Å²) in [6.07, 6.45) is 2.17. The second kappa shape index (κ2) is 10.2. The molecule has 0 spiro atoms. The molecule has 10 heteroatoms. The normalized spacial score (nSPS) is 19.4. The molecule has 2 aliphatic rings. The van der Waals surface area contributed by atoms with Gasteiger partial charge in [-0.05, 0) is 58.4 Å². The van der Waals surface area contributed by atoms with Gasteiger partial charge in [-0.25, -0.2) is 4.99 Å². The molecule has 0 bridgehead atoms. The van der Waals surface area contributed by atoms with Gasteiger partial charge in [-0.2, -0.15) is 18.2 Å². The summed E-state index contributed by atoms with van der Waals surface area (Å²) in [6.45, 7) is 7.93. The first kappa shape index (κ1) is 25.2. The highest BCUT2D eigenvalue weighted by Crippen LogP contribution is 2.41. The molecule has 1 aliphatic heterocycles. The molecule has 0 saturated heterocycles. The van der Waals surface area contributed by atoms with Crippen molar-refractivity contribution in [2.24, 2.45) is 9.98 Å². The number of rotatable bonds is 6. The van der Waals surface area contributed by atoms with Crippen LogP contribution in [0.1, 0.15) is 51.2 Å². The Hall–Kier alpha value is -3.43. The summed E-state index contributed by atoms with van der Waals surface area (Å²) >= 11 is 0. The number of halogens is 3. The number of carbonyl (C=O) groups is 1. The predicted octanol–water partition coefficient (Wildman–Crippen LogP) is 5.02. The van der Waals surface area contributed by atoms with E-state index in [9.17, 15) is 18.0 Å². The average Bonchev–Trinajstić information content (AvgIpc) is 3.60. The number of anilines is 1. The zero-order valence-corrected chi connectivity index (χ0v) is 19.4. The third-order valence-electron chi connectivity index (χ3n) is 5.71. The summed E-state index contributed by atoms with van der Waals surface area (Å²) in [5, 5.41) is 11.1. The van der Waals surface area contributed by atoms with Gasteiger partial charge in [0.2, 0.25) is 5.91 Å². The van der Waals surface area contributed by atoms with Crippen LogP contribution in [0.15, 0.2) is 40.1 Å². The van der Waals surface area contributed by atoms with Crippen molar-refractivity contribution in [3.63, 3.8) is 0 Å². The summed E-state index contributed by atoms with van der Waals surface area (Å²) in [6, 6.07) is 3.17. The number of amides is 1. The third-order valence-corrected chi connectivity index (χ3v) is 5.71. The minimum atomic E-state index is -4.69. The van der Waals surface area contributed by atoms with Crippen molar-refractivity contribution in [1.82, 2.24) is 5.32 Å². The molecule has 1 aromatic carbocycles. The van der Waals surface area contributed by atoms with Crippen LogP contribution in [0.5, 0.6) is 5.75 Å². The standard InChI is InChI=1S/C24H28F3N5O2/c1-5-21(24(25,26)27)31-23(29-4)34-22-18(16(12-28)13-30-17-7-8-17)10-11-20-19(22)9-6-14(2)32(20)15(3)33/h5,10-14,17,28,30H,4,6-9H2,1-3H3/b16-13+,21-5-,28-12?,31-23+. The van der Waals surface area contributed by atoms with Crippen molar-refractivity contribution >= 4 is 36.1 Å². The van der Waals surface area contributed by atoms with Crippen LogP contribution in [0, 0.1) is 5.41 Å².